The lowest BCUT2D eigenvalue weighted by Crippen LogP contribution is -2.54. The van der Waals surface area contributed by atoms with Crippen molar-refractivity contribution in [2.45, 2.75) is 242 Å². The molecule has 0 bridgehead atoms. The summed E-state index contributed by atoms with van der Waals surface area (Å²) in [4.78, 5) is 205. The molecular formula is C71H121IN12O30. The van der Waals surface area contributed by atoms with Gasteiger partial charge in [0.2, 0.25) is 65.0 Å². The number of aliphatic hydroxyl groups excluding tert-OH is 1. The molecule has 0 saturated heterocycles. The number of hydrogen-bond donors (Lipinski definition) is 19. The summed E-state index contributed by atoms with van der Waals surface area (Å²) >= 11 is 1.77. The van der Waals surface area contributed by atoms with E-state index in [1.54, 1.807) is 22.9 Å². The van der Waals surface area contributed by atoms with Crippen LogP contribution in [0.2, 0.25) is 0 Å². The van der Waals surface area contributed by atoms with Crippen LogP contribution in [0.5, 0.6) is 0 Å². The van der Waals surface area contributed by atoms with Crippen molar-refractivity contribution < 1.29 is 146 Å². The van der Waals surface area contributed by atoms with Crippen LogP contribution in [0.15, 0.2) is 0 Å². The number of hydrogen-bond acceptors (Lipinski definition) is 25. The highest BCUT2D eigenvalue weighted by molar-refractivity contribution is 14.1. The summed E-state index contributed by atoms with van der Waals surface area (Å²) in [5.74, 6) is -14.9. The van der Waals surface area contributed by atoms with Gasteiger partial charge in [0.25, 0.3) is 0 Å². The molecule has 0 unspecified atom stereocenters. The Morgan fingerprint density at radius 3 is 0.860 bits per heavy atom. The topological polar surface area (TPSA) is 646 Å². The van der Waals surface area contributed by atoms with E-state index in [1.807, 2.05) is 0 Å². The molecule has 0 aromatic rings. The van der Waals surface area contributed by atoms with Crippen molar-refractivity contribution in [3.05, 3.63) is 0 Å². The van der Waals surface area contributed by atoms with Gasteiger partial charge in [0.05, 0.1) is 71.6 Å². The molecule has 0 aromatic carbocycles. The largest absolute Gasteiger partial charge is 0.481 e. The quantitative estimate of drug-likeness (QED) is 0.0186. The van der Waals surface area contributed by atoms with Crippen LogP contribution in [0, 0.1) is 0 Å². The Morgan fingerprint density at radius 2 is 0.570 bits per heavy atom. The van der Waals surface area contributed by atoms with Gasteiger partial charge >= 0.3 is 35.8 Å². The molecule has 0 heterocycles. The highest BCUT2D eigenvalue weighted by atomic mass is 127. The van der Waals surface area contributed by atoms with Gasteiger partial charge in [0.15, 0.2) is 0 Å². The zero-order valence-corrected chi connectivity index (χ0v) is 67.1. The predicted octanol–water partition coefficient (Wildman–Crippen LogP) is -1.55. The molecule has 652 valence electrons. The molecule has 42 nitrogen and oxygen atoms in total. The van der Waals surface area contributed by atoms with Gasteiger partial charge in [-0.3, -0.25) is 57.5 Å². The first kappa shape index (κ1) is 105. The lowest BCUT2D eigenvalue weighted by atomic mass is 10.0. The molecule has 0 aliphatic heterocycles. The number of carboxylic acids is 6. The van der Waals surface area contributed by atoms with Gasteiger partial charge in [-0.05, 0) is 71.1 Å². The maximum absolute atomic E-state index is 12.6. The fourth-order valence-electron chi connectivity index (χ4n) is 10.5. The third-order valence-corrected chi connectivity index (χ3v) is 17.6. The van der Waals surface area contributed by atoms with Crippen LogP contribution in [-0.4, -0.2) is 290 Å². The molecule has 114 heavy (non-hydrogen) atoms. The number of carboxylic acid groups (broad SMARTS) is 6. The van der Waals surface area contributed by atoms with E-state index in [0.29, 0.717) is 25.7 Å². The van der Waals surface area contributed by atoms with Crippen molar-refractivity contribution in [1.82, 2.24) is 56.7 Å². The minimum atomic E-state index is -1.47. The number of halogens is 1. The summed E-state index contributed by atoms with van der Waals surface area (Å²) < 4.78 is 34.4. The van der Waals surface area contributed by atoms with E-state index in [-0.39, 0.29) is 156 Å². The van der Waals surface area contributed by atoms with E-state index < -0.39 is 175 Å². The van der Waals surface area contributed by atoms with E-state index in [1.165, 1.54) is 19.8 Å². The standard InChI is InChI=1S/C71H121IN12O30/c1-47(85)64(65(73)97)83-66(98)48(84-72)18-16-17-31-74-54(86)26-22-51(69(103)104)80-60(92)44-112-41-39-110-36-33-76-56(88)28-24-53(71(107)108)82-62(94)46-114-43-40-111-37-34-77-57(89)29-23-52(70(105)106)81-61(93)45-113-42-38-109-35-32-75-55(87)27-21-49(67(99)100)79-59(91)30-25-50(68(101)102)78-58(90)19-14-12-10-8-6-4-2-3-5-7-9-11-13-15-20-63(95)96/h47-53,64,84-85H,2-46H2,1H3,(H2,73,97)(H,74,86)(H,75,87)(H,76,88)(H,77,89)(H,78,90)(H,79,91)(H,80,92)(H,81,93)(H,82,94)(H,83,98)(H,95,96)(H,99,100)(H,101,102)(H,103,104)(H,105,106)(H,107,108)/t47-,48+,49+,50+,51+,52+,53+,64+/m1/s1. The smallest absolute Gasteiger partial charge is 0.326 e. The number of nitrogens with two attached hydrogens (primary N) is 1. The van der Waals surface area contributed by atoms with Gasteiger partial charge in [-0.15, -0.1) is 0 Å². The SMILES string of the molecule is C[C@@H](O)[C@H](NC(=O)[C@H](CCCCNC(=O)CC[C@H](NC(=O)COCCOCCNC(=O)CC[C@H](NC(=O)COCCOCCNC(=O)CC[C@H](NC(=O)COCCOCCNC(=O)CC[C@H](NC(=O)CC[C@H](NC(=O)CCCCCCCCCCCCCCCCC(=O)O)C(=O)O)C(=O)O)C(=O)O)C(=O)O)C(=O)O)NI)C(N)=O. The maximum Gasteiger partial charge on any atom is 0.326 e. The molecule has 0 saturated carbocycles. The molecule has 8 atom stereocenters. The molecule has 0 aliphatic carbocycles. The Hall–Kier alpha value is -8.60. The molecular weight excluding hydrogens is 1630 g/mol. The van der Waals surface area contributed by atoms with E-state index in [2.05, 4.69) is 56.7 Å². The molecule has 0 aromatic heterocycles. The van der Waals surface area contributed by atoms with Crippen LogP contribution in [-0.2, 0) is 110 Å². The molecule has 0 spiro atoms. The lowest BCUT2D eigenvalue weighted by Gasteiger charge is -2.21. The van der Waals surface area contributed by atoms with Crippen molar-refractivity contribution in [1.29, 1.82) is 0 Å². The summed E-state index contributed by atoms with van der Waals surface area (Å²) in [5, 5.41) is 90.5. The number of unbranched alkanes of at least 4 members (excludes halogenated alkanes) is 14. The van der Waals surface area contributed by atoms with E-state index in [9.17, 15) is 112 Å². The normalized spacial score (nSPS) is 13.1. The number of amides is 11. The monoisotopic (exact) mass is 1750 g/mol. The second kappa shape index (κ2) is 67.7. The van der Waals surface area contributed by atoms with Crippen molar-refractivity contribution >= 4 is 124 Å². The third-order valence-electron chi connectivity index (χ3n) is 16.8. The number of primary amides is 1. The fraction of sp³-hybridized carbons (Fsp3) is 0.761. The zero-order chi connectivity index (χ0) is 85.3. The van der Waals surface area contributed by atoms with Crippen LogP contribution < -0.4 is 62.4 Å². The lowest BCUT2D eigenvalue weighted by molar-refractivity contribution is -0.143. The van der Waals surface area contributed by atoms with Crippen LogP contribution in [0.4, 0.5) is 0 Å². The summed E-state index contributed by atoms with van der Waals surface area (Å²) in [7, 11) is 0. The summed E-state index contributed by atoms with van der Waals surface area (Å²) in [6.07, 6.45) is 11.6. The summed E-state index contributed by atoms with van der Waals surface area (Å²) in [6.45, 7) is -0.559. The predicted molar refractivity (Wildman–Crippen MR) is 410 cm³/mol. The maximum atomic E-state index is 12.6. The number of aliphatic carboxylic acids is 6. The van der Waals surface area contributed by atoms with Gasteiger partial charge in [-0.2, -0.15) is 0 Å². The molecule has 0 radical (unpaired) electrons. The van der Waals surface area contributed by atoms with Gasteiger partial charge in [0.1, 0.15) is 56.1 Å². The Balaban J connectivity index is 4.21. The minimum Gasteiger partial charge on any atom is -0.481 e. The number of carbonyl (C=O) groups is 17. The van der Waals surface area contributed by atoms with Crippen LogP contribution in [0.25, 0.3) is 0 Å². The molecule has 0 rings (SSSR count). The van der Waals surface area contributed by atoms with Crippen molar-refractivity contribution in [2.75, 3.05) is 105 Å². The molecule has 43 heteroatoms. The van der Waals surface area contributed by atoms with E-state index in [4.69, 9.17) is 39.3 Å². The number of carbonyl (C=O) groups excluding carboxylic acids is 11. The first-order valence-electron chi connectivity index (χ1n) is 38.4. The number of aliphatic hydroxyl groups is 1. The van der Waals surface area contributed by atoms with E-state index in [0.717, 1.165) is 70.6 Å². The van der Waals surface area contributed by atoms with Crippen LogP contribution >= 0.6 is 22.9 Å². The van der Waals surface area contributed by atoms with Gasteiger partial charge in [-0.1, -0.05) is 77.0 Å². The number of rotatable bonds is 76. The summed E-state index contributed by atoms with van der Waals surface area (Å²) in [5.41, 5.74) is 5.22. The zero-order valence-electron chi connectivity index (χ0n) is 64.9. The molecule has 11 amide bonds. The first-order valence-corrected chi connectivity index (χ1v) is 39.4. The highest BCUT2D eigenvalue weighted by Crippen LogP contribution is 2.15. The van der Waals surface area contributed by atoms with E-state index >= 15 is 0 Å². The van der Waals surface area contributed by atoms with Crippen molar-refractivity contribution in [3.8, 4) is 0 Å². The number of nitrogens with one attached hydrogen (secondary N) is 11. The molecule has 20 N–H and O–H groups in total. The average molecular weight is 1750 g/mol. The first-order chi connectivity index (χ1) is 54.4. The molecule has 0 fully saturated rings. The summed E-state index contributed by atoms with van der Waals surface area (Å²) in [6, 6.07) is -9.10. The minimum absolute atomic E-state index is 0.000110. The van der Waals surface area contributed by atoms with Gasteiger partial charge in [-0.25, -0.2) is 27.5 Å². The Morgan fingerprint density at radius 1 is 0.298 bits per heavy atom. The van der Waals surface area contributed by atoms with Crippen molar-refractivity contribution in [2.24, 2.45) is 5.73 Å². The number of ether oxygens (including phenoxy) is 6. The van der Waals surface area contributed by atoms with Crippen molar-refractivity contribution in [3.63, 3.8) is 0 Å². The second-order valence-electron chi connectivity index (χ2n) is 26.5. The fourth-order valence-corrected chi connectivity index (χ4v) is 11.1. The van der Waals surface area contributed by atoms with Gasteiger partial charge < -0.3 is 123 Å². The highest BCUT2D eigenvalue weighted by Gasteiger charge is 2.29. The Kier molecular flexibility index (Phi) is 62.6. The second-order valence-corrected chi connectivity index (χ2v) is 27.1. The van der Waals surface area contributed by atoms with Crippen LogP contribution in [0.1, 0.15) is 193 Å². The Labute approximate surface area is 675 Å². The Bertz CT molecular complexity index is 2920. The average Bonchev–Trinajstić information content (AvgIpc) is 0.890. The van der Waals surface area contributed by atoms with Gasteiger partial charge in [0, 0.05) is 94.0 Å². The third kappa shape index (κ3) is 60.0. The molecule has 0 aliphatic rings. The van der Waals surface area contributed by atoms with Crippen LogP contribution in [0.3, 0.4) is 0 Å².